The number of nitrogens with zero attached hydrogens (tertiary/aromatic N) is 5. The van der Waals surface area contributed by atoms with Crippen molar-refractivity contribution in [1.82, 2.24) is 24.1 Å². The average Bonchev–Trinajstić information content (AvgIpc) is 3.99. The van der Waals surface area contributed by atoms with Crippen LogP contribution in [0, 0.1) is 0 Å². The van der Waals surface area contributed by atoms with Crippen LogP contribution in [0.4, 0.5) is 0 Å². The fraction of sp³-hybridized carbons (Fsp3) is 0.0192. The van der Waals surface area contributed by atoms with E-state index in [2.05, 4.69) is 172 Å². The van der Waals surface area contributed by atoms with Gasteiger partial charge in [-0.3, -0.25) is 14.5 Å². The molecule has 0 saturated carbocycles. The average molecular weight is 726 g/mol. The monoisotopic (exact) mass is 725 g/mol. The Kier molecular flexibility index (Phi) is 6.04. The van der Waals surface area contributed by atoms with Gasteiger partial charge in [0.2, 0.25) is 0 Å². The Morgan fingerprint density at radius 1 is 0.404 bits per heavy atom. The van der Waals surface area contributed by atoms with E-state index >= 15 is 0 Å². The maximum atomic E-state index is 5.34. The normalized spacial score (nSPS) is 13.4. The lowest BCUT2D eigenvalue weighted by molar-refractivity contribution is 0.801. The number of pyridine rings is 3. The first-order chi connectivity index (χ1) is 28.3. The predicted octanol–water partition coefficient (Wildman–Crippen LogP) is 12.1. The van der Waals surface area contributed by atoms with Crippen LogP contribution in [0.2, 0.25) is 0 Å². The number of aromatic nitrogens is 5. The van der Waals surface area contributed by atoms with Crippen molar-refractivity contribution in [3.8, 4) is 44.8 Å². The molecule has 1 spiro atoms. The molecular weight excluding hydrogens is 695 g/mol. The molecule has 0 N–H and O–H groups in total. The molecule has 0 unspecified atom stereocenters. The summed E-state index contributed by atoms with van der Waals surface area (Å²) in [5, 5.41) is 3.52. The van der Waals surface area contributed by atoms with E-state index in [0.29, 0.717) is 0 Å². The van der Waals surface area contributed by atoms with Gasteiger partial charge in [-0.1, -0.05) is 115 Å². The number of hydrogen-bond donors (Lipinski definition) is 0. The molecule has 0 amide bonds. The van der Waals surface area contributed by atoms with Crippen LogP contribution in [-0.4, -0.2) is 24.1 Å². The standard InChI is InChI=1S/C52H31N5/c1-5-14-42-36(10-1)37-11-2-6-15-43(37)52(42)44-16-7-3-12-38(44)41-30-55-51-48(49(41)52)39-13-4-8-17-45(39)57(51)35-25-21-33(22-26-35)32-19-23-34(24-20-32)56-46-18-9-28-54-50(46)40-27-29-53-31-47(40)56/h1-31H. The van der Waals surface area contributed by atoms with E-state index in [4.69, 9.17) is 9.97 Å². The molecule has 0 bridgehead atoms. The van der Waals surface area contributed by atoms with E-state index in [9.17, 15) is 0 Å². The van der Waals surface area contributed by atoms with Gasteiger partial charge in [-0.2, -0.15) is 0 Å². The molecule has 13 rings (SSSR count). The van der Waals surface area contributed by atoms with Crippen molar-refractivity contribution < 1.29 is 0 Å². The van der Waals surface area contributed by atoms with Crippen LogP contribution < -0.4 is 0 Å². The van der Waals surface area contributed by atoms with Gasteiger partial charge in [-0.15, -0.1) is 0 Å². The molecule has 264 valence electrons. The number of fused-ring (bicyclic) bond motifs is 17. The van der Waals surface area contributed by atoms with Crippen LogP contribution in [0.5, 0.6) is 0 Å². The highest BCUT2D eigenvalue weighted by Crippen LogP contribution is 2.64. The Labute approximate surface area is 327 Å². The van der Waals surface area contributed by atoms with E-state index in [0.717, 1.165) is 55.6 Å². The highest BCUT2D eigenvalue weighted by atomic mass is 15.0. The highest BCUT2D eigenvalue weighted by molar-refractivity contribution is 6.15. The first-order valence-corrected chi connectivity index (χ1v) is 19.4. The minimum Gasteiger partial charge on any atom is -0.306 e. The fourth-order valence-corrected chi connectivity index (χ4v) is 10.3. The molecule has 6 aromatic carbocycles. The molecule has 5 heterocycles. The molecule has 5 heteroatoms. The van der Waals surface area contributed by atoms with Gasteiger partial charge in [-0.25, -0.2) is 4.98 Å². The topological polar surface area (TPSA) is 48.5 Å². The summed E-state index contributed by atoms with van der Waals surface area (Å²) in [7, 11) is 0. The summed E-state index contributed by atoms with van der Waals surface area (Å²) in [4.78, 5) is 14.5. The number of hydrogen-bond acceptors (Lipinski definition) is 3. The van der Waals surface area contributed by atoms with Gasteiger partial charge >= 0.3 is 0 Å². The van der Waals surface area contributed by atoms with Crippen molar-refractivity contribution in [3.05, 3.63) is 211 Å². The van der Waals surface area contributed by atoms with Gasteiger partial charge in [0.15, 0.2) is 0 Å². The van der Waals surface area contributed by atoms with Gasteiger partial charge in [-0.05, 0) is 98.6 Å². The van der Waals surface area contributed by atoms with Crippen LogP contribution in [0.25, 0.3) is 88.6 Å². The van der Waals surface area contributed by atoms with Crippen molar-refractivity contribution >= 4 is 43.9 Å². The van der Waals surface area contributed by atoms with Crippen molar-refractivity contribution in [2.24, 2.45) is 0 Å². The minimum absolute atomic E-state index is 0.461. The van der Waals surface area contributed by atoms with Crippen LogP contribution >= 0.6 is 0 Å². The molecular formula is C52H31N5. The summed E-state index contributed by atoms with van der Waals surface area (Å²) in [6.07, 6.45) is 7.73. The largest absolute Gasteiger partial charge is 0.306 e. The minimum atomic E-state index is -0.461. The van der Waals surface area contributed by atoms with Crippen LogP contribution in [-0.2, 0) is 5.41 Å². The zero-order chi connectivity index (χ0) is 37.2. The van der Waals surface area contributed by atoms with E-state index in [-0.39, 0.29) is 0 Å². The van der Waals surface area contributed by atoms with Crippen molar-refractivity contribution in [2.45, 2.75) is 5.41 Å². The van der Waals surface area contributed by atoms with E-state index in [1.165, 1.54) is 55.3 Å². The van der Waals surface area contributed by atoms with E-state index in [1.54, 1.807) is 0 Å². The van der Waals surface area contributed by atoms with Crippen LogP contribution in [0.15, 0.2) is 189 Å². The molecule has 0 radical (unpaired) electrons. The van der Waals surface area contributed by atoms with Crippen LogP contribution in [0.3, 0.4) is 0 Å². The van der Waals surface area contributed by atoms with Crippen LogP contribution in [0.1, 0.15) is 22.3 Å². The van der Waals surface area contributed by atoms with E-state index in [1.807, 2.05) is 30.7 Å². The predicted molar refractivity (Wildman–Crippen MR) is 230 cm³/mol. The Bertz CT molecular complexity index is 3340. The van der Waals surface area contributed by atoms with Gasteiger partial charge in [0.05, 0.1) is 33.7 Å². The van der Waals surface area contributed by atoms with Gasteiger partial charge in [0.25, 0.3) is 0 Å². The summed E-state index contributed by atoms with van der Waals surface area (Å²) in [6.45, 7) is 0. The molecule has 0 saturated heterocycles. The molecule has 57 heavy (non-hydrogen) atoms. The Morgan fingerprint density at radius 2 is 0.982 bits per heavy atom. The Morgan fingerprint density at radius 3 is 1.67 bits per heavy atom. The Balaban J connectivity index is 0.979. The Hall–Kier alpha value is -7.63. The van der Waals surface area contributed by atoms with Crippen molar-refractivity contribution in [2.75, 3.05) is 0 Å². The second-order valence-electron chi connectivity index (χ2n) is 15.2. The first-order valence-electron chi connectivity index (χ1n) is 19.4. The molecule has 0 aliphatic heterocycles. The lowest BCUT2D eigenvalue weighted by Gasteiger charge is -2.31. The fourth-order valence-electron chi connectivity index (χ4n) is 10.3. The van der Waals surface area contributed by atoms with Gasteiger partial charge in [0.1, 0.15) is 5.65 Å². The smallest absolute Gasteiger partial charge is 0.145 e. The SMILES string of the molecule is c1ccc2c(c1)-c1ccccc1C21c2ccccc2-c2cnc3c(c21)c1ccccc1n3-c1ccc(-c2ccc(-n3c4cnccc4c4ncccc43)cc2)cc1. The summed E-state index contributed by atoms with van der Waals surface area (Å²) in [5.41, 5.74) is 19.6. The van der Waals surface area contributed by atoms with Crippen molar-refractivity contribution in [1.29, 1.82) is 0 Å². The van der Waals surface area contributed by atoms with Crippen molar-refractivity contribution in [3.63, 3.8) is 0 Å². The molecule has 2 aliphatic carbocycles. The lowest BCUT2D eigenvalue weighted by atomic mass is 9.70. The summed E-state index contributed by atoms with van der Waals surface area (Å²) >= 11 is 0. The molecule has 0 atom stereocenters. The molecule has 0 fully saturated rings. The second-order valence-corrected chi connectivity index (χ2v) is 15.2. The maximum absolute atomic E-state index is 5.34. The zero-order valence-corrected chi connectivity index (χ0v) is 30.6. The number of para-hydroxylation sites is 1. The molecule has 2 aliphatic rings. The van der Waals surface area contributed by atoms with Gasteiger partial charge in [0, 0.05) is 51.7 Å². The van der Waals surface area contributed by atoms with Gasteiger partial charge < -0.3 is 4.57 Å². The first kappa shape index (κ1) is 30.7. The second kappa shape index (κ2) is 11.2. The third-order valence-corrected chi connectivity index (χ3v) is 12.5. The molecule has 11 aromatic rings. The zero-order valence-electron chi connectivity index (χ0n) is 30.6. The number of rotatable bonds is 3. The lowest BCUT2D eigenvalue weighted by Crippen LogP contribution is -2.26. The summed E-state index contributed by atoms with van der Waals surface area (Å²) < 4.78 is 4.60. The third-order valence-electron chi connectivity index (χ3n) is 12.5. The maximum Gasteiger partial charge on any atom is 0.145 e. The van der Waals surface area contributed by atoms with E-state index < -0.39 is 5.41 Å². The molecule has 5 aromatic heterocycles. The summed E-state index contributed by atoms with van der Waals surface area (Å²) in [6, 6.07) is 59.7. The third kappa shape index (κ3) is 3.90. The number of benzene rings is 6. The highest BCUT2D eigenvalue weighted by Gasteiger charge is 2.53. The molecule has 5 nitrogen and oxygen atoms in total. The summed E-state index contributed by atoms with van der Waals surface area (Å²) in [5.74, 6) is 0. The quantitative estimate of drug-likeness (QED) is 0.182.